The second-order valence-electron chi connectivity index (χ2n) is 5.40. The fraction of sp³-hybridized carbons (Fsp3) is 0.833. The zero-order chi connectivity index (χ0) is 13.2. The lowest BCUT2D eigenvalue weighted by atomic mass is 9.91. The summed E-state index contributed by atoms with van der Waals surface area (Å²) in [5, 5.41) is 13.1. The van der Waals surface area contributed by atoms with E-state index < -0.39 is 11.5 Å². The van der Waals surface area contributed by atoms with E-state index in [4.69, 9.17) is 5.73 Å². The Morgan fingerprint density at radius 2 is 2.28 bits per heavy atom. The highest BCUT2D eigenvalue weighted by Crippen LogP contribution is 2.32. The highest BCUT2D eigenvalue weighted by molar-refractivity contribution is 5.86. The van der Waals surface area contributed by atoms with Crippen LogP contribution in [0.25, 0.3) is 0 Å². The molecule has 0 aromatic heterocycles. The van der Waals surface area contributed by atoms with Gasteiger partial charge in [0.15, 0.2) is 5.60 Å². The molecule has 1 atom stereocenters. The molecule has 4 N–H and O–H groups in total. The molecule has 0 aromatic carbocycles. The maximum absolute atomic E-state index is 12.2. The quantitative estimate of drug-likeness (QED) is 0.557. The van der Waals surface area contributed by atoms with Crippen molar-refractivity contribution in [3.63, 3.8) is 0 Å². The number of nitrogens with one attached hydrogen (secondary N) is 1. The van der Waals surface area contributed by atoms with Gasteiger partial charge in [0.2, 0.25) is 5.91 Å². The largest absolute Gasteiger partial charge is 0.379 e. The molecule has 2 aliphatic rings. The Morgan fingerprint density at radius 1 is 1.56 bits per heavy atom. The smallest absolute Gasteiger partial charge is 0.255 e. The summed E-state index contributed by atoms with van der Waals surface area (Å²) in [5.74, 6) is -0.0794. The average molecular weight is 255 g/mol. The van der Waals surface area contributed by atoms with Gasteiger partial charge in [-0.05, 0) is 31.6 Å². The SMILES string of the molecule is NC(=O)CNC[C@]1(O)CCCN(CC2CC2)C1=O. The molecule has 0 radical (unpaired) electrons. The van der Waals surface area contributed by atoms with Crippen LogP contribution in [0.4, 0.5) is 0 Å². The number of likely N-dealkylation sites (tertiary alicyclic amines) is 1. The maximum atomic E-state index is 12.2. The van der Waals surface area contributed by atoms with Crippen LogP contribution in [0.2, 0.25) is 0 Å². The first-order valence-corrected chi connectivity index (χ1v) is 6.52. The Balaban J connectivity index is 1.88. The lowest BCUT2D eigenvalue weighted by molar-refractivity contribution is -0.157. The molecule has 0 bridgehead atoms. The summed E-state index contributed by atoms with van der Waals surface area (Å²) in [5.41, 5.74) is 3.64. The van der Waals surface area contributed by atoms with E-state index in [1.54, 1.807) is 4.90 Å². The summed E-state index contributed by atoms with van der Waals surface area (Å²) in [6, 6.07) is 0. The third-order valence-electron chi connectivity index (χ3n) is 3.60. The predicted molar refractivity (Wildman–Crippen MR) is 65.6 cm³/mol. The normalized spacial score (nSPS) is 28.5. The number of aliphatic hydroxyl groups is 1. The van der Waals surface area contributed by atoms with Crippen molar-refractivity contribution in [1.29, 1.82) is 0 Å². The van der Waals surface area contributed by atoms with Crippen LogP contribution in [-0.2, 0) is 9.59 Å². The van der Waals surface area contributed by atoms with E-state index >= 15 is 0 Å². The first-order chi connectivity index (χ1) is 8.51. The zero-order valence-electron chi connectivity index (χ0n) is 10.5. The Hall–Kier alpha value is -1.14. The number of carbonyl (C=O) groups is 2. The number of primary amides is 1. The van der Waals surface area contributed by atoms with Crippen molar-refractivity contribution < 1.29 is 14.7 Å². The summed E-state index contributed by atoms with van der Waals surface area (Å²) < 4.78 is 0. The van der Waals surface area contributed by atoms with Crippen molar-refractivity contribution in [3.8, 4) is 0 Å². The third-order valence-corrected chi connectivity index (χ3v) is 3.60. The van der Waals surface area contributed by atoms with Gasteiger partial charge in [0, 0.05) is 19.6 Å². The fourth-order valence-corrected chi connectivity index (χ4v) is 2.41. The minimum Gasteiger partial charge on any atom is -0.379 e. The van der Waals surface area contributed by atoms with E-state index in [-0.39, 0.29) is 19.0 Å². The molecule has 6 nitrogen and oxygen atoms in total. The molecule has 0 spiro atoms. The van der Waals surface area contributed by atoms with E-state index in [0.717, 1.165) is 19.5 Å². The first-order valence-electron chi connectivity index (χ1n) is 6.52. The predicted octanol–water partition coefficient (Wildman–Crippen LogP) is -1.18. The van der Waals surface area contributed by atoms with Crippen LogP contribution in [0.3, 0.4) is 0 Å². The minimum absolute atomic E-state index is 0.0157. The van der Waals surface area contributed by atoms with Gasteiger partial charge in [-0.15, -0.1) is 0 Å². The highest BCUT2D eigenvalue weighted by Gasteiger charge is 2.43. The summed E-state index contributed by atoms with van der Waals surface area (Å²) in [7, 11) is 0. The molecule has 2 rings (SSSR count). The summed E-state index contributed by atoms with van der Waals surface area (Å²) in [6.45, 7) is 1.57. The molecule has 1 aliphatic heterocycles. The van der Waals surface area contributed by atoms with Crippen LogP contribution < -0.4 is 11.1 Å². The summed E-state index contributed by atoms with van der Waals surface area (Å²) >= 11 is 0. The van der Waals surface area contributed by atoms with Gasteiger partial charge in [-0.3, -0.25) is 9.59 Å². The molecular formula is C12H21N3O3. The monoisotopic (exact) mass is 255 g/mol. The van der Waals surface area contributed by atoms with Gasteiger partial charge in [0.05, 0.1) is 6.54 Å². The van der Waals surface area contributed by atoms with Crippen molar-refractivity contribution in [2.75, 3.05) is 26.2 Å². The van der Waals surface area contributed by atoms with Crippen LogP contribution in [0.15, 0.2) is 0 Å². The van der Waals surface area contributed by atoms with Crippen molar-refractivity contribution in [1.82, 2.24) is 10.2 Å². The Labute approximate surface area is 107 Å². The molecule has 1 saturated carbocycles. The molecule has 2 fully saturated rings. The third kappa shape index (κ3) is 3.20. The van der Waals surface area contributed by atoms with Crippen LogP contribution in [0.1, 0.15) is 25.7 Å². The van der Waals surface area contributed by atoms with Crippen LogP contribution in [0.5, 0.6) is 0 Å². The van der Waals surface area contributed by atoms with E-state index in [1.807, 2.05) is 0 Å². The fourth-order valence-electron chi connectivity index (χ4n) is 2.41. The standard InChI is InChI=1S/C12H21N3O3/c13-10(16)6-14-8-12(18)4-1-5-15(11(12)17)7-9-2-3-9/h9,14,18H,1-8H2,(H2,13,16)/t12-/m1/s1. The Kier molecular flexibility index (Phi) is 3.87. The van der Waals surface area contributed by atoms with Gasteiger partial charge >= 0.3 is 0 Å². The molecule has 102 valence electrons. The summed E-state index contributed by atoms with van der Waals surface area (Å²) in [4.78, 5) is 24.6. The number of nitrogens with zero attached hydrogens (tertiary/aromatic N) is 1. The minimum atomic E-state index is -1.37. The molecular weight excluding hydrogens is 234 g/mol. The van der Waals surface area contributed by atoms with E-state index in [2.05, 4.69) is 5.32 Å². The van der Waals surface area contributed by atoms with E-state index in [9.17, 15) is 14.7 Å². The molecule has 18 heavy (non-hydrogen) atoms. The number of hydrogen-bond acceptors (Lipinski definition) is 4. The van der Waals surface area contributed by atoms with E-state index in [0.29, 0.717) is 12.3 Å². The van der Waals surface area contributed by atoms with Crippen molar-refractivity contribution in [2.45, 2.75) is 31.3 Å². The van der Waals surface area contributed by atoms with Crippen LogP contribution >= 0.6 is 0 Å². The van der Waals surface area contributed by atoms with Gasteiger partial charge in [-0.25, -0.2) is 0 Å². The van der Waals surface area contributed by atoms with Crippen molar-refractivity contribution in [2.24, 2.45) is 11.7 Å². The number of nitrogens with two attached hydrogens (primary N) is 1. The van der Waals surface area contributed by atoms with Gasteiger partial charge < -0.3 is 21.1 Å². The maximum Gasteiger partial charge on any atom is 0.255 e. The Bertz CT molecular complexity index is 343. The number of hydrogen-bond donors (Lipinski definition) is 3. The topological polar surface area (TPSA) is 95.7 Å². The van der Waals surface area contributed by atoms with Gasteiger partial charge in [-0.2, -0.15) is 0 Å². The second kappa shape index (κ2) is 5.24. The highest BCUT2D eigenvalue weighted by atomic mass is 16.3. The lowest BCUT2D eigenvalue weighted by Crippen LogP contribution is -2.58. The molecule has 0 aromatic rings. The zero-order valence-corrected chi connectivity index (χ0v) is 10.5. The molecule has 0 unspecified atom stereocenters. The second-order valence-corrected chi connectivity index (χ2v) is 5.40. The van der Waals surface area contributed by atoms with E-state index in [1.165, 1.54) is 12.8 Å². The van der Waals surface area contributed by atoms with Crippen molar-refractivity contribution in [3.05, 3.63) is 0 Å². The molecule has 1 aliphatic carbocycles. The summed E-state index contributed by atoms with van der Waals surface area (Å²) in [6.07, 6.45) is 3.61. The first kappa shape index (κ1) is 13.3. The number of amides is 2. The van der Waals surface area contributed by atoms with Gasteiger partial charge in [0.25, 0.3) is 5.91 Å². The van der Waals surface area contributed by atoms with Crippen LogP contribution in [0, 0.1) is 5.92 Å². The van der Waals surface area contributed by atoms with Gasteiger partial charge in [0.1, 0.15) is 0 Å². The molecule has 1 saturated heterocycles. The molecule has 2 amide bonds. The average Bonchev–Trinajstić information content (AvgIpc) is 3.08. The molecule has 6 heteroatoms. The van der Waals surface area contributed by atoms with Gasteiger partial charge in [-0.1, -0.05) is 0 Å². The number of rotatable bonds is 6. The molecule has 1 heterocycles. The lowest BCUT2D eigenvalue weighted by Gasteiger charge is -2.38. The number of carbonyl (C=O) groups excluding carboxylic acids is 2. The number of piperidine rings is 1. The Morgan fingerprint density at radius 3 is 2.89 bits per heavy atom. The van der Waals surface area contributed by atoms with Crippen molar-refractivity contribution >= 4 is 11.8 Å². The van der Waals surface area contributed by atoms with Crippen LogP contribution in [-0.4, -0.2) is 53.6 Å².